The second kappa shape index (κ2) is 15.0. The minimum Gasteiger partial charge on any atom is -0.504 e. The number of phenols is 12. The molecule has 4 unspecified atom stereocenters. The van der Waals surface area contributed by atoms with Gasteiger partial charge in [0, 0.05) is 0 Å². The molecule has 1 saturated heterocycles. The molecule has 22 heteroatoms. The number of ether oxygens (including phenoxy) is 5. The molecule has 1 aliphatic heterocycles. The smallest absolute Gasteiger partial charge is 0.340 e. The summed E-state index contributed by atoms with van der Waals surface area (Å²) in [5, 5.41) is 130. The van der Waals surface area contributed by atoms with Crippen molar-refractivity contribution in [2.45, 2.75) is 24.1 Å². The number of hydrogen-bond acceptors (Lipinski definition) is 22. The molecular weight excluding hydrogens is 760 g/mol. The summed E-state index contributed by atoms with van der Waals surface area (Å²) in [6, 6.07) is 5.06. The molecule has 0 radical (unpaired) electrons. The second-order valence-electron chi connectivity index (χ2n) is 11.9. The van der Waals surface area contributed by atoms with Gasteiger partial charge >= 0.3 is 23.9 Å². The van der Waals surface area contributed by atoms with Crippen molar-refractivity contribution in [3.8, 4) is 69.0 Å². The molecule has 0 aliphatic carbocycles. The van der Waals surface area contributed by atoms with Crippen molar-refractivity contribution in [1.82, 2.24) is 0 Å². The summed E-state index contributed by atoms with van der Waals surface area (Å²) in [4.78, 5) is 52.6. The molecule has 0 spiro atoms. The van der Waals surface area contributed by atoms with E-state index in [0.29, 0.717) is 48.5 Å². The topological polar surface area (TPSA) is 377 Å². The maximum absolute atomic E-state index is 13.4. The van der Waals surface area contributed by atoms with Gasteiger partial charge in [-0.2, -0.15) is 0 Å². The number of rotatable bonds is 10. The average molecular weight is 789 g/mol. The van der Waals surface area contributed by atoms with Crippen molar-refractivity contribution >= 4 is 23.9 Å². The van der Waals surface area contributed by atoms with E-state index in [-0.39, 0.29) is 0 Å². The highest BCUT2D eigenvalue weighted by atomic mass is 16.7. The van der Waals surface area contributed by atoms with Crippen molar-refractivity contribution in [1.29, 1.82) is 0 Å². The number of esters is 4. The Morgan fingerprint density at radius 2 is 0.786 bits per heavy atom. The minimum atomic E-state index is -3.10. The number of carbonyl (C=O) groups excluding carboxylic acids is 4. The van der Waals surface area contributed by atoms with E-state index in [4.69, 9.17) is 23.7 Å². The van der Waals surface area contributed by atoms with Gasteiger partial charge in [-0.3, -0.25) is 0 Å². The summed E-state index contributed by atoms with van der Waals surface area (Å²) in [6.07, 6.45) is -6.71. The summed E-state index contributed by atoms with van der Waals surface area (Å²) in [5.74, 6) is -17.9. The molecule has 4 aromatic rings. The largest absolute Gasteiger partial charge is 0.504 e. The van der Waals surface area contributed by atoms with Crippen LogP contribution in [0.15, 0.2) is 48.5 Å². The van der Waals surface area contributed by atoms with Crippen LogP contribution in [0, 0.1) is 0 Å². The van der Waals surface area contributed by atoms with Crippen LogP contribution in [-0.2, 0) is 23.7 Å². The molecular formula is C34H28O22. The van der Waals surface area contributed by atoms with Crippen LogP contribution in [0.2, 0.25) is 0 Å². The maximum Gasteiger partial charge on any atom is 0.340 e. The summed E-state index contributed by atoms with van der Waals surface area (Å²) >= 11 is 0. The highest BCUT2D eigenvalue weighted by molar-refractivity contribution is 5.93. The standard InChI is InChI=1S/C34H28O22/c35-15-1-11(2-16(36)24(15)43)29(47)52-9-23-28(55-31(49)13-5-19(39)26(45)20(40)6-13)34(51,10-53-30(48)12-3-17(37)25(44)18(38)4-12)33(54-23)56-32(50)14-7-21(41)27(46)22(42)8-14/h1-8,23,28,33,35-46,51H,9-10H2. The molecule has 5 rings (SSSR count). The van der Waals surface area contributed by atoms with Crippen LogP contribution in [0.3, 0.4) is 0 Å². The molecule has 0 aromatic heterocycles. The van der Waals surface area contributed by atoms with Gasteiger partial charge in [-0.1, -0.05) is 0 Å². The van der Waals surface area contributed by atoms with Crippen molar-refractivity contribution in [3.63, 3.8) is 0 Å². The lowest BCUT2D eigenvalue weighted by Crippen LogP contribution is -2.55. The molecule has 0 saturated carbocycles. The Hall–Kier alpha value is -7.72. The SMILES string of the molecule is O=C(OCC1OC(OC(=O)c2cc(O)c(O)c(O)c2)C(O)(COC(=O)c2cc(O)c(O)c(O)c2)C1OC(=O)c1cc(O)c(O)c(O)c1)c1cc(O)c(O)c(O)c1. The molecule has 4 atom stereocenters. The first-order valence-corrected chi connectivity index (χ1v) is 15.4. The molecule has 56 heavy (non-hydrogen) atoms. The van der Waals surface area contributed by atoms with E-state index in [1.807, 2.05) is 0 Å². The first-order chi connectivity index (χ1) is 26.2. The van der Waals surface area contributed by atoms with Crippen LogP contribution < -0.4 is 0 Å². The Balaban J connectivity index is 1.54. The zero-order valence-electron chi connectivity index (χ0n) is 27.8. The third-order valence-electron chi connectivity index (χ3n) is 8.02. The van der Waals surface area contributed by atoms with Crippen LogP contribution >= 0.6 is 0 Å². The fraction of sp³-hybridized carbons (Fsp3) is 0.176. The van der Waals surface area contributed by atoms with E-state index in [1.165, 1.54) is 0 Å². The van der Waals surface area contributed by atoms with Gasteiger partial charge in [-0.05, 0) is 48.5 Å². The van der Waals surface area contributed by atoms with Crippen LogP contribution in [-0.4, -0.2) is 128 Å². The first kappa shape index (κ1) is 39.5. The van der Waals surface area contributed by atoms with E-state index in [1.54, 1.807) is 0 Å². The van der Waals surface area contributed by atoms with Crippen LogP contribution in [0.1, 0.15) is 41.4 Å². The van der Waals surface area contributed by atoms with Gasteiger partial charge in [0.1, 0.15) is 19.3 Å². The Labute approximate surface area is 310 Å². The maximum atomic E-state index is 13.4. The van der Waals surface area contributed by atoms with Gasteiger partial charge in [-0.15, -0.1) is 0 Å². The van der Waals surface area contributed by atoms with Gasteiger partial charge in [0.25, 0.3) is 0 Å². The molecule has 4 aromatic carbocycles. The van der Waals surface area contributed by atoms with Gasteiger partial charge < -0.3 is 90.1 Å². The molecule has 0 amide bonds. The summed E-state index contributed by atoms with van der Waals surface area (Å²) in [5.41, 5.74) is -5.71. The van der Waals surface area contributed by atoms with Crippen molar-refractivity contribution in [2.24, 2.45) is 0 Å². The molecule has 0 bridgehead atoms. The Morgan fingerprint density at radius 3 is 1.14 bits per heavy atom. The predicted molar refractivity (Wildman–Crippen MR) is 175 cm³/mol. The second-order valence-corrected chi connectivity index (χ2v) is 11.9. The lowest BCUT2D eigenvalue weighted by atomic mass is 9.95. The van der Waals surface area contributed by atoms with Gasteiger partial charge in [-0.25, -0.2) is 19.2 Å². The zero-order valence-corrected chi connectivity index (χ0v) is 27.8. The molecule has 22 nitrogen and oxygen atoms in total. The van der Waals surface area contributed by atoms with E-state index in [2.05, 4.69) is 0 Å². The molecule has 296 valence electrons. The summed E-state index contributed by atoms with van der Waals surface area (Å²) in [6.45, 7) is -2.50. The molecule has 13 N–H and O–H groups in total. The van der Waals surface area contributed by atoms with E-state index >= 15 is 0 Å². The third-order valence-corrected chi connectivity index (χ3v) is 8.02. The van der Waals surface area contributed by atoms with Gasteiger partial charge in [0.05, 0.1) is 22.3 Å². The van der Waals surface area contributed by atoms with E-state index in [9.17, 15) is 85.6 Å². The highest BCUT2D eigenvalue weighted by Gasteiger charge is 2.62. The number of aromatic hydroxyl groups is 12. The number of carbonyl (C=O) groups is 4. The number of phenolic OH excluding ortho intramolecular Hbond substituents is 12. The van der Waals surface area contributed by atoms with Crippen molar-refractivity contribution in [2.75, 3.05) is 13.2 Å². The monoisotopic (exact) mass is 788 g/mol. The fourth-order valence-electron chi connectivity index (χ4n) is 5.13. The lowest BCUT2D eigenvalue weighted by molar-refractivity contribution is -0.193. The predicted octanol–water partition coefficient (Wildman–Crippen LogP) is 0.706. The summed E-state index contributed by atoms with van der Waals surface area (Å²) in [7, 11) is 0. The Morgan fingerprint density at radius 1 is 0.482 bits per heavy atom. The van der Waals surface area contributed by atoms with Gasteiger partial charge in [0.15, 0.2) is 75.1 Å². The fourth-order valence-corrected chi connectivity index (χ4v) is 5.13. The van der Waals surface area contributed by atoms with Crippen LogP contribution in [0.5, 0.6) is 69.0 Å². The molecule has 1 heterocycles. The van der Waals surface area contributed by atoms with E-state index in [0.717, 1.165) is 0 Å². The van der Waals surface area contributed by atoms with Crippen LogP contribution in [0.25, 0.3) is 0 Å². The van der Waals surface area contributed by atoms with Crippen molar-refractivity contribution in [3.05, 3.63) is 70.8 Å². The minimum absolute atomic E-state index is 0.570. The third kappa shape index (κ3) is 7.66. The number of aliphatic hydroxyl groups is 1. The Bertz CT molecular complexity index is 2160. The average Bonchev–Trinajstić information content (AvgIpc) is 3.39. The first-order valence-electron chi connectivity index (χ1n) is 15.4. The zero-order chi connectivity index (χ0) is 41.4. The number of benzene rings is 4. The summed E-state index contributed by atoms with van der Waals surface area (Å²) < 4.78 is 26.5. The molecule has 1 aliphatic rings. The lowest BCUT2D eigenvalue weighted by Gasteiger charge is -2.32. The van der Waals surface area contributed by atoms with E-state index < -0.39 is 152 Å². The van der Waals surface area contributed by atoms with Crippen molar-refractivity contribution < 1.29 is 109 Å². The Kier molecular flexibility index (Phi) is 10.5. The molecule has 1 fully saturated rings. The van der Waals surface area contributed by atoms with Crippen LogP contribution in [0.4, 0.5) is 0 Å². The van der Waals surface area contributed by atoms with Gasteiger partial charge in [0.2, 0.25) is 11.9 Å². The highest BCUT2D eigenvalue weighted by Crippen LogP contribution is 2.41. The number of hydrogen-bond donors (Lipinski definition) is 13. The normalized spacial score (nSPS) is 18.8. The quantitative estimate of drug-likeness (QED) is 0.0597.